The number of hydrogen-bond donors (Lipinski definition) is 0. The van der Waals surface area contributed by atoms with Gasteiger partial charge in [-0.05, 0) is 25.2 Å². The number of benzene rings is 1. The van der Waals surface area contributed by atoms with E-state index in [0.29, 0.717) is 0 Å². The highest BCUT2D eigenvalue weighted by atomic mass is 28.4. The van der Waals surface area contributed by atoms with Gasteiger partial charge in [-0.3, -0.25) is 0 Å². The molecule has 0 amide bonds. The second kappa shape index (κ2) is 4.22. The van der Waals surface area contributed by atoms with Gasteiger partial charge in [-0.25, -0.2) is 0 Å². The van der Waals surface area contributed by atoms with Crippen molar-refractivity contribution in [3.63, 3.8) is 0 Å². The maximum atomic E-state index is 5.81. The third-order valence-electron chi connectivity index (χ3n) is 2.25. The molecule has 0 saturated carbocycles. The maximum Gasteiger partial charge on any atom is 0.218 e. The zero-order valence-corrected chi connectivity index (χ0v) is 11.9. The molecule has 13 heavy (non-hydrogen) atoms. The van der Waals surface area contributed by atoms with E-state index in [0.717, 1.165) is 16.8 Å². The summed E-state index contributed by atoms with van der Waals surface area (Å²) in [6.07, 6.45) is 0. The SMILES string of the molecule is CCO[Si](C)(C)c1ccc([SiH3])cc1. The minimum atomic E-state index is -1.59. The zero-order chi connectivity index (χ0) is 9.90. The van der Waals surface area contributed by atoms with E-state index in [-0.39, 0.29) is 0 Å². The molecule has 72 valence electrons. The molecule has 0 radical (unpaired) electrons. The lowest BCUT2D eigenvalue weighted by molar-refractivity contribution is 0.339. The van der Waals surface area contributed by atoms with Crippen LogP contribution in [0.15, 0.2) is 24.3 Å². The van der Waals surface area contributed by atoms with Crippen LogP contribution in [0.5, 0.6) is 0 Å². The largest absolute Gasteiger partial charge is 0.413 e. The summed E-state index contributed by atoms with van der Waals surface area (Å²) in [5.74, 6) is 0. The van der Waals surface area contributed by atoms with E-state index in [1.165, 1.54) is 10.4 Å². The Kier molecular flexibility index (Phi) is 3.47. The minimum absolute atomic E-state index is 0.821. The van der Waals surface area contributed by atoms with E-state index in [2.05, 4.69) is 44.3 Å². The summed E-state index contributed by atoms with van der Waals surface area (Å²) in [5.41, 5.74) is 0. The molecule has 0 unspecified atom stereocenters. The van der Waals surface area contributed by atoms with Gasteiger partial charge in [0.05, 0.1) is 0 Å². The summed E-state index contributed by atoms with van der Waals surface area (Å²) in [7, 11) is -0.451. The monoisotopic (exact) mass is 210 g/mol. The van der Waals surface area contributed by atoms with Crippen molar-refractivity contribution in [2.75, 3.05) is 6.61 Å². The lowest BCUT2D eigenvalue weighted by atomic mass is 10.4. The van der Waals surface area contributed by atoms with Crippen molar-refractivity contribution in [3.05, 3.63) is 24.3 Å². The summed E-state index contributed by atoms with van der Waals surface area (Å²) in [6, 6.07) is 8.89. The molecule has 0 aromatic heterocycles. The Bertz CT molecular complexity index is 267. The third kappa shape index (κ3) is 2.79. The molecule has 0 heterocycles. The first kappa shape index (κ1) is 10.7. The van der Waals surface area contributed by atoms with Gasteiger partial charge in [-0.2, -0.15) is 0 Å². The normalized spacial score (nSPS) is 11.9. The minimum Gasteiger partial charge on any atom is -0.413 e. The molecule has 0 atom stereocenters. The molecule has 0 spiro atoms. The standard InChI is InChI=1S/C10H18OSi2/c1-4-11-13(2,3)10-7-5-9(12)6-8-10/h5-8H,4H2,1-3,12H3. The molecule has 0 aliphatic rings. The highest BCUT2D eigenvalue weighted by molar-refractivity contribution is 6.84. The molecule has 1 rings (SSSR count). The molecule has 0 N–H and O–H groups in total. The van der Waals surface area contributed by atoms with Gasteiger partial charge < -0.3 is 4.43 Å². The van der Waals surface area contributed by atoms with Crippen molar-refractivity contribution in [2.24, 2.45) is 0 Å². The number of rotatable bonds is 3. The lowest BCUT2D eigenvalue weighted by Gasteiger charge is -2.22. The molecule has 1 aromatic carbocycles. The molecule has 3 heteroatoms. The Morgan fingerprint density at radius 3 is 2.23 bits per heavy atom. The highest BCUT2D eigenvalue weighted by Crippen LogP contribution is 2.03. The fourth-order valence-electron chi connectivity index (χ4n) is 1.40. The molecule has 1 aromatic rings. The van der Waals surface area contributed by atoms with Crippen LogP contribution in [0.1, 0.15) is 6.92 Å². The van der Waals surface area contributed by atoms with Crippen molar-refractivity contribution in [2.45, 2.75) is 20.0 Å². The van der Waals surface area contributed by atoms with E-state index in [9.17, 15) is 0 Å². The fraction of sp³-hybridized carbons (Fsp3) is 0.400. The molecule has 0 saturated heterocycles. The van der Waals surface area contributed by atoms with Crippen LogP contribution >= 0.6 is 0 Å². The van der Waals surface area contributed by atoms with Crippen LogP contribution in [-0.2, 0) is 4.43 Å². The van der Waals surface area contributed by atoms with Crippen molar-refractivity contribution in [1.29, 1.82) is 0 Å². The zero-order valence-electron chi connectivity index (χ0n) is 8.92. The van der Waals surface area contributed by atoms with Gasteiger partial charge >= 0.3 is 0 Å². The summed E-state index contributed by atoms with van der Waals surface area (Å²) in [5, 5.41) is 2.85. The van der Waals surface area contributed by atoms with Gasteiger partial charge in [-0.1, -0.05) is 29.5 Å². The van der Waals surface area contributed by atoms with Gasteiger partial charge in [0.1, 0.15) is 0 Å². The summed E-state index contributed by atoms with van der Waals surface area (Å²) in [6.45, 7) is 7.38. The maximum absolute atomic E-state index is 5.81. The molecular formula is C10H18OSi2. The Labute approximate surface area is 84.7 Å². The van der Waals surface area contributed by atoms with Crippen molar-refractivity contribution >= 4 is 28.9 Å². The predicted molar refractivity (Wildman–Crippen MR) is 64.8 cm³/mol. The van der Waals surface area contributed by atoms with Gasteiger partial charge in [0.25, 0.3) is 0 Å². The summed E-state index contributed by atoms with van der Waals surface area (Å²) in [4.78, 5) is 0. The van der Waals surface area contributed by atoms with Crippen LogP contribution in [0.25, 0.3) is 0 Å². The van der Waals surface area contributed by atoms with Gasteiger partial charge in [0, 0.05) is 16.8 Å². The highest BCUT2D eigenvalue weighted by Gasteiger charge is 2.23. The van der Waals surface area contributed by atoms with Gasteiger partial charge in [0.15, 0.2) is 0 Å². The first-order chi connectivity index (χ1) is 6.06. The second-order valence-corrected chi connectivity index (χ2v) is 8.85. The molecule has 0 aliphatic heterocycles. The van der Waals surface area contributed by atoms with E-state index in [4.69, 9.17) is 4.43 Å². The average Bonchev–Trinajstić information content (AvgIpc) is 2.05. The fourth-order valence-corrected chi connectivity index (χ4v) is 3.59. The van der Waals surface area contributed by atoms with Crippen LogP contribution in [0.3, 0.4) is 0 Å². The predicted octanol–water partition coefficient (Wildman–Crippen LogP) is 0.126. The Morgan fingerprint density at radius 2 is 1.77 bits per heavy atom. The Morgan fingerprint density at radius 1 is 1.23 bits per heavy atom. The van der Waals surface area contributed by atoms with Gasteiger partial charge in [0.2, 0.25) is 8.32 Å². The van der Waals surface area contributed by atoms with E-state index in [1.807, 2.05) is 0 Å². The van der Waals surface area contributed by atoms with Crippen LogP contribution in [0.4, 0.5) is 0 Å². The molecule has 0 fully saturated rings. The first-order valence-electron chi connectivity index (χ1n) is 4.77. The van der Waals surface area contributed by atoms with Crippen LogP contribution in [0, 0.1) is 0 Å². The van der Waals surface area contributed by atoms with Crippen molar-refractivity contribution in [3.8, 4) is 0 Å². The smallest absolute Gasteiger partial charge is 0.218 e. The Balaban J connectivity index is 2.87. The molecule has 0 bridgehead atoms. The summed E-state index contributed by atoms with van der Waals surface area (Å²) >= 11 is 0. The second-order valence-electron chi connectivity index (χ2n) is 3.81. The quantitative estimate of drug-likeness (QED) is 0.644. The molecule has 1 nitrogen and oxygen atoms in total. The first-order valence-corrected chi connectivity index (χ1v) is 8.68. The topological polar surface area (TPSA) is 9.23 Å². The average molecular weight is 210 g/mol. The van der Waals surface area contributed by atoms with Gasteiger partial charge in [-0.15, -0.1) is 0 Å². The third-order valence-corrected chi connectivity index (χ3v) is 5.65. The molecule has 0 aliphatic carbocycles. The number of hydrogen-bond acceptors (Lipinski definition) is 1. The molecular weight excluding hydrogens is 192 g/mol. The van der Waals surface area contributed by atoms with Crippen LogP contribution in [-0.4, -0.2) is 25.2 Å². The van der Waals surface area contributed by atoms with E-state index < -0.39 is 8.32 Å². The van der Waals surface area contributed by atoms with E-state index in [1.54, 1.807) is 0 Å². The van der Waals surface area contributed by atoms with E-state index >= 15 is 0 Å². The van der Waals surface area contributed by atoms with Crippen molar-refractivity contribution in [1.82, 2.24) is 0 Å². The Hall–Kier alpha value is -0.386. The van der Waals surface area contributed by atoms with Crippen LogP contribution < -0.4 is 10.4 Å². The van der Waals surface area contributed by atoms with Crippen LogP contribution in [0.2, 0.25) is 13.1 Å². The van der Waals surface area contributed by atoms with Crippen molar-refractivity contribution < 1.29 is 4.43 Å². The lowest BCUT2D eigenvalue weighted by Crippen LogP contribution is -2.45. The summed E-state index contributed by atoms with van der Waals surface area (Å²) < 4.78 is 5.81.